The second kappa shape index (κ2) is 50.0. The normalized spacial score (nSPS) is 11.6. The van der Waals surface area contributed by atoms with Crippen LogP contribution in [0.2, 0.25) is 0 Å². The van der Waals surface area contributed by atoms with E-state index in [1.54, 1.807) is 5.56 Å². The molecule has 0 heterocycles. The number of rotatable bonds is 52. The van der Waals surface area contributed by atoms with Crippen molar-refractivity contribution in [3.8, 4) is 0 Å². The van der Waals surface area contributed by atoms with Crippen molar-refractivity contribution < 1.29 is 0 Å². The van der Waals surface area contributed by atoms with Gasteiger partial charge in [0.1, 0.15) is 0 Å². The van der Waals surface area contributed by atoms with Crippen molar-refractivity contribution in [3.63, 3.8) is 0 Å². The van der Waals surface area contributed by atoms with E-state index >= 15 is 0 Å². The summed E-state index contributed by atoms with van der Waals surface area (Å²) < 4.78 is 0. The Hall–Kier alpha value is -0.980. The van der Waals surface area contributed by atoms with Crippen molar-refractivity contribution in [2.75, 3.05) is 18.0 Å². The van der Waals surface area contributed by atoms with Gasteiger partial charge in [-0.25, -0.2) is 0 Å². The molecule has 0 fully saturated rings. The highest BCUT2D eigenvalue weighted by Gasteiger charge is 2.08. The lowest BCUT2D eigenvalue weighted by Crippen LogP contribution is -2.25. The fourth-order valence-corrected chi connectivity index (χ4v) is 9.82. The lowest BCUT2D eigenvalue weighted by molar-refractivity contribution is 0.524. The van der Waals surface area contributed by atoms with E-state index in [1.165, 1.54) is 333 Å². The molecular formula is C60H115N. The van der Waals surface area contributed by atoms with Crippen molar-refractivity contribution in [2.24, 2.45) is 0 Å². The average Bonchev–Trinajstić information content (AvgIpc) is 3.28. The Morgan fingerprint density at radius 1 is 0.230 bits per heavy atom. The van der Waals surface area contributed by atoms with Crippen LogP contribution in [0.3, 0.4) is 0 Å². The van der Waals surface area contributed by atoms with Crippen LogP contribution in [0, 0.1) is 0 Å². The van der Waals surface area contributed by atoms with Gasteiger partial charge in [0, 0.05) is 18.8 Å². The standard InChI is InChI=1S/C60H115N/c1-4-7-10-13-16-19-22-25-28-31-34-37-40-43-46-49-52-59-53-55-60(56-54-59)61(57-50-47-44-41-38-35-32-29-26-23-20-17-14-11-8-5-2)58-51-48-45-42-39-36-33-30-27-24-21-18-15-12-9-6-3/h53-56H,4-52,57-58H2,1-3H3. The molecule has 0 amide bonds. The maximum atomic E-state index is 2.76. The summed E-state index contributed by atoms with van der Waals surface area (Å²) in [5.74, 6) is 0. The first-order valence-electron chi connectivity index (χ1n) is 29.2. The molecular weight excluding hydrogens is 735 g/mol. The molecule has 1 aromatic rings. The van der Waals surface area contributed by atoms with Gasteiger partial charge in [-0.3, -0.25) is 0 Å². The number of hydrogen-bond acceptors (Lipinski definition) is 1. The van der Waals surface area contributed by atoms with Gasteiger partial charge < -0.3 is 4.90 Å². The molecule has 0 radical (unpaired) electrons. The summed E-state index contributed by atoms with van der Waals surface area (Å²) in [6.45, 7) is 9.44. The molecule has 0 N–H and O–H groups in total. The van der Waals surface area contributed by atoms with Gasteiger partial charge in [0.25, 0.3) is 0 Å². The summed E-state index contributed by atoms with van der Waals surface area (Å²) in [7, 11) is 0. The van der Waals surface area contributed by atoms with Crippen LogP contribution in [0.25, 0.3) is 0 Å². The lowest BCUT2D eigenvalue weighted by atomic mass is 10.0. The van der Waals surface area contributed by atoms with Gasteiger partial charge in [-0.05, 0) is 43.4 Å². The minimum absolute atomic E-state index is 1.25. The third-order valence-corrected chi connectivity index (χ3v) is 14.2. The van der Waals surface area contributed by atoms with Gasteiger partial charge in [-0.15, -0.1) is 0 Å². The Bertz CT molecular complexity index is 884. The van der Waals surface area contributed by atoms with Crippen molar-refractivity contribution in [1.29, 1.82) is 0 Å². The van der Waals surface area contributed by atoms with Gasteiger partial charge in [0.15, 0.2) is 0 Å². The first kappa shape index (κ1) is 58.0. The van der Waals surface area contributed by atoms with Gasteiger partial charge in [0.2, 0.25) is 0 Å². The first-order valence-corrected chi connectivity index (χ1v) is 29.2. The van der Waals surface area contributed by atoms with Crippen LogP contribution in [-0.4, -0.2) is 13.1 Å². The molecule has 61 heavy (non-hydrogen) atoms. The van der Waals surface area contributed by atoms with E-state index in [0.717, 1.165) is 0 Å². The molecule has 0 saturated carbocycles. The summed E-state index contributed by atoms with van der Waals surface area (Å²) in [6.07, 6.45) is 70.7. The zero-order valence-electron chi connectivity index (χ0n) is 42.8. The summed E-state index contributed by atoms with van der Waals surface area (Å²) in [5, 5.41) is 0. The van der Waals surface area contributed by atoms with Gasteiger partial charge in [-0.1, -0.05) is 322 Å². The second-order valence-electron chi connectivity index (χ2n) is 20.3. The van der Waals surface area contributed by atoms with E-state index < -0.39 is 0 Å². The van der Waals surface area contributed by atoms with Gasteiger partial charge in [-0.2, -0.15) is 0 Å². The summed E-state index contributed by atoms with van der Waals surface area (Å²) in [5.41, 5.74) is 3.04. The molecule has 1 aromatic carbocycles. The number of unbranched alkanes of at least 4 members (excludes halogenated alkanes) is 45. The number of hydrogen-bond donors (Lipinski definition) is 0. The summed E-state index contributed by atoms with van der Waals surface area (Å²) in [6, 6.07) is 9.88. The molecule has 0 saturated heterocycles. The summed E-state index contributed by atoms with van der Waals surface area (Å²) in [4.78, 5) is 2.76. The average molecular weight is 851 g/mol. The SMILES string of the molecule is CCCCCCCCCCCCCCCCCCc1ccc(N(CCCCCCCCCCCCCCCCCC)CCCCCCCCCCCCCCCCCC)cc1. The van der Waals surface area contributed by atoms with Crippen LogP contribution in [-0.2, 0) is 6.42 Å². The predicted molar refractivity (Wildman–Crippen MR) is 281 cm³/mol. The van der Waals surface area contributed by atoms with Crippen LogP contribution in [0.4, 0.5) is 5.69 Å². The highest BCUT2D eigenvalue weighted by atomic mass is 15.1. The molecule has 1 nitrogen and oxygen atoms in total. The van der Waals surface area contributed by atoms with Crippen molar-refractivity contribution in [2.45, 2.75) is 335 Å². The molecule has 0 aliphatic carbocycles. The Kier molecular flexibility index (Phi) is 47.6. The first-order chi connectivity index (χ1) is 30.3. The highest BCUT2D eigenvalue weighted by molar-refractivity contribution is 5.47. The molecule has 0 spiro atoms. The van der Waals surface area contributed by atoms with Crippen LogP contribution in [0.15, 0.2) is 24.3 Å². The van der Waals surface area contributed by atoms with Crippen LogP contribution >= 0.6 is 0 Å². The number of aryl methyl sites for hydroxylation is 1. The Labute approximate surface area is 387 Å². The smallest absolute Gasteiger partial charge is 0.0366 e. The fraction of sp³-hybridized carbons (Fsp3) is 0.900. The largest absolute Gasteiger partial charge is 0.372 e. The van der Waals surface area contributed by atoms with Crippen molar-refractivity contribution >= 4 is 5.69 Å². The minimum Gasteiger partial charge on any atom is -0.372 e. The third-order valence-electron chi connectivity index (χ3n) is 14.2. The van der Waals surface area contributed by atoms with E-state index in [1.807, 2.05) is 0 Å². The van der Waals surface area contributed by atoms with E-state index in [0.29, 0.717) is 0 Å². The molecule has 0 aliphatic heterocycles. The summed E-state index contributed by atoms with van der Waals surface area (Å²) >= 11 is 0. The van der Waals surface area contributed by atoms with Crippen LogP contribution in [0.5, 0.6) is 0 Å². The van der Waals surface area contributed by atoms with Crippen LogP contribution in [0.1, 0.15) is 335 Å². The second-order valence-corrected chi connectivity index (χ2v) is 20.3. The molecule has 360 valence electrons. The fourth-order valence-electron chi connectivity index (χ4n) is 9.82. The third kappa shape index (κ3) is 42.7. The molecule has 0 aliphatic rings. The zero-order chi connectivity index (χ0) is 43.6. The van der Waals surface area contributed by atoms with E-state index in [9.17, 15) is 0 Å². The number of nitrogens with zero attached hydrogens (tertiary/aromatic N) is 1. The maximum Gasteiger partial charge on any atom is 0.0366 e. The molecule has 0 atom stereocenters. The van der Waals surface area contributed by atoms with E-state index in [-0.39, 0.29) is 0 Å². The lowest BCUT2D eigenvalue weighted by Gasteiger charge is -2.25. The Morgan fingerprint density at radius 2 is 0.426 bits per heavy atom. The Morgan fingerprint density at radius 3 is 0.656 bits per heavy atom. The number of anilines is 1. The van der Waals surface area contributed by atoms with Crippen molar-refractivity contribution in [3.05, 3.63) is 29.8 Å². The van der Waals surface area contributed by atoms with Gasteiger partial charge in [0.05, 0.1) is 0 Å². The van der Waals surface area contributed by atoms with Gasteiger partial charge >= 0.3 is 0 Å². The maximum absolute atomic E-state index is 2.76. The molecule has 1 rings (SSSR count). The van der Waals surface area contributed by atoms with E-state index in [4.69, 9.17) is 0 Å². The minimum atomic E-state index is 1.25. The van der Waals surface area contributed by atoms with Crippen LogP contribution < -0.4 is 4.90 Å². The zero-order valence-corrected chi connectivity index (χ0v) is 42.8. The highest BCUT2D eigenvalue weighted by Crippen LogP contribution is 2.22. The molecule has 1 heteroatoms. The number of benzene rings is 1. The molecule has 0 bridgehead atoms. The topological polar surface area (TPSA) is 3.24 Å². The molecule has 0 unspecified atom stereocenters. The monoisotopic (exact) mass is 850 g/mol. The Balaban J connectivity index is 2.25. The van der Waals surface area contributed by atoms with Crippen molar-refractivity contribution in [1.82, 2.24) is 0 Å². The predicted octanol–water partition coefficient (Wildman–Crippen LogP) is 21.8. The quantitative estimate of drug-likeness (QED) is 0.0590. The molecule has 0 aromatic heterocycles. The van der Waals surface area contributed by atoms with E-state index in [2.05, 4.69) is 49.9 Å².